The van der Waals surface area contributed by atoms with Crippen LogP contribution in [0, 0.1) is 17.2 Å². The molecule has 0 spiro atoms. The van der Waals surface area contributed by atoms with Gasteiger partial charge in [0.1, 0.15) is 0 Å². The van der Waals surface area contributed by atoms with Gasteiger partial charge in [-0.15, -0.1) is 11.8 Å². The highest BCUT2D eigenvalue weighted by Gasteiger charge is 2.16. The molecule has 0 aliphatic carbocycles. The number of nitriles is 1. The standard InChI is InChI=1S/C21H24N2OS/c1-16(2)20(18-6-4-3-5-7-18)15-23-21(24)12-13-25-19-10-8-17(14-22)9-11-19/h3-11,16,20H,12-13,15H2,1-2H3,(H,23,24). The molecule has 0 radical (unpaired) electrons. The lowest BCUT2D eigenvalue weighted by molar-refractivity contribution is -0.120. The Morgan fingerprint density at radius 2 is 1.80 bits per heavy atom. The minimum absolute atomic E-state index is 0.0859. The highest BCUT2D eigenvalue weighted by molar-refractivity contribution is 7.99. The largest absolute Gasteiger partial charge is 0.355 e. The first-order chi connectivity index (χ1) is 12.1. The fourth-order valence-electron chi connectivity index (χ4n) is 2.64. The zero-order valence-electron chi connectivity index (χ0n) is 14.7. The van der Waals surface area contributed by atoms with Gasteiger partial charge in [0.15, 0.2) is 0 Å². The molecule has 3 nitrogen and oxygen atoms in total. The summed E-state index contributed by atoms with van der Waals surface area (Å²) in [6, 6.07) is 19.9. The van der Waals surface area contributed by atoms with Crippen LogP contribution in [0.4, 0.5) is 0 Å². The fraction of sp³-hybridized carbons (Fsp3) is 0.333. The molecule has 25 heavy (non-hydrogen) atoms. The Bertz CT molecular complexity index is 705. The van der Waals surface area contributed by atoms with Gasteiger partial charge in [-0.3, -0.25) is 4.79 Å². The van der Waals surface area contributed by atoms with Crippen molar-refractivity contribution in [2.45, 2.75) is 31.1 Å². The van der Waals surface area contributed by atoms with E-state index in [2.05, 4.69) is 37.4 Å². The second kappa shape index (κ2) is 9.90. The Morgan fingerprint density at radius 3 is 2.40 bits per heavy atom. The van der Waals surface area contributed by atoms with Gasteiger partial charge in [0.2, 0.25) is 5.91 Å². The summed E-state index contributed by atoms with van der Waals surface area (Å²) in [5, 5.41) is 11.9. The van der Waals surface area contributed by atoms with Crippen molar-refractivity contribution in [3.05, 3.63) is 65.7 Å². The molecular weight excluding hydrogens is 328 g/mol. The van der Waals surface area contributed by atoms with Crippen LogP contribution in [0.5, 0.6) is 0 Å². The summed E-state index contributed by atoms with van der Waals surface area (Å²) in [4.78, 5) is 13.2. The predicted octanol–water partition coefficient (Wildman–Crippen LogP) is 4.60. The third-order valence-electron chi connectivity index (χ3n) is 4.13. The first kappa shape index (κ1) is 19.1. The Morgan fingerprint density at radius 1 is 1.12 bits per heavy atom. The van der Waals surface area contributed by atoms with E-state index in [0.29, 0.717) is 30.4 Å². The lowest BCUT2D eigenvalue weighted by atomic mass is 9.88. The van der Waals surface area contributed by atoms with Crippen molar-refractivity contribution in [2.24, 2.45) is 5.92 Å². The second-order valence-corrected chi connectivity index (χ2v) is 7.47. The Hall–Kier alpha value is -2.25. The molecule has 0 aliphatic heterocycles. The molecule has 2 aromatic rings. The van der Waals surface area contributed by atoms with Gasteiger partial charge in [-0.25, -0.2) is 0 Å². The summed E-state index contributed by atoms with van der Waals surface area (Å²) in [6.45, 7) is 5.04. The molecule has 1 amide bonds. The van der Waals surface area contributed by atoms with Gasteiger partial charge < -0.3 is 5.32 Å². The molecule has 1 N–H and O–H groups in total. The van der Waals surface area contributed by atoms with Gasteiger partial charge in [-0.05, 0) is 35.7 Å². The molecule has 0 aromatic heterocycles. The molecule has 1 atom stereocenters. The molecule has 2 rings (SSSR count). The maximum atomic E-state index is 12.1. The monoisotopic (exact) mass is 352 g/mol. The molecule has 2 aromatic carbocycles. The van der Waals surface area contributed by atoms with E-state index >= 15 is 0 Å². The minimum atomic E-state index is 0.0859. The van der Waals surface area contributed by atoms with Gasteiger partial charge in [-0.2, -0.15) is 5.26 Å². The first-order valence-corrected chi connectivity index (χ1v) is 9.53. The van der Waals surface area contributed by atoms with Gasteiger partial charge >= 0.3 is 0 Å². The number of hydrogen-bond acceptors (Lipinski definition) is 3. The van der Waals surface area contributed by atoms with E-state index in [1.807, 2.05) is 30.3 Å². The molecule has 0 fully saturated rings. The Labute approximate surface area is 154 Å². The quantitative estimate of drug-likeness (QED) is 0.707. The number of nitrogens with one attached hydrogen (secondary N) is 1. The molecule has 130 valence electrons. The smallest absolute Gasteiger partial charge is 0.220 e. The molecule has 0 heterocycles. The van der Waals surface area contributed by atoms with Crippen LogP contribution in [-0.2, 0) is 4.79 Å². The summed E-state index contributed by atoms with van der Waals surface area (Å²) >= 11 is 1.63. The topological polar surface area (TPSA) is 52.9 Å². The SMILES string of the molecule is CC(C)C(CNC(=O)CCSc1ccc(C#N)cc1)c1ccccc1. The summed E-state index contributed by atoms with van der Waals surface area (Å²) in [7, 11) is 0. The molecule has 1 unspecified atom stereocenters. The minimum Gasteiger partial charge on any atom is -0.355 e. The van der Waals surface area contributed by atoms with Crippen molar-refractivity contribution in [1.29, 1.82) is 5.26 Å². The zero-order chi connectivity index (χ0) is 18.1. The fourth-order valence-corrected chi connectivity index (χ4v) is 3.49. The van der Waals surface area contributed by atoms with Crippen molar-refractivity contribution < 1.29 is 4.79 Å². The van der Waals surface area contributed by atoms with E-state index < -0.39 is 0 Å². The number of amides is 1. The van der Waals surface area contributed by atoms with Crippen LogP contribution in [0.15, 0.2) is 59.5 Å². The van der Waals surface area contributed by atoms with E-state index in [1.165, 1.54) is 5.56 Å². The first-order valence-electron chi connectivity index (χ1n) is 8.54. The molecular formula is C21H24N2OS. The maximum Gasteiger partial charge on any atom is 0.220 e. The second-order valence-electron chi connectivity index (χ2n) is 6.30. The number of carbonyl (C=O) groups excluding carboxylic acids is 1. The highest BCUT2D eigenvalue weighted by atomic mass is 32.2. The van der Waals surface area contributed by atoms with Crippen molar-refractivity contribution >= 4 is 17.7 Å². The van der Waals surface area contributed by atoms with Crippen LogP contribution in [-0.4, -0.2) is 18.2 Å². The average molecular weight is 353 g/mol. The van der Waals surface area contributed by atoms with Crippen molar-refractivity contribution in [3.8, 4) is 6.07 Å². The Kier molecular flexibility index (Phi) is 7.56. The summed E-state index contributed by atoms with van der Waals surface area (Å²) in [5.74, 6) is 1.62. The maximum absolute atomic E-state index is 12.1. The zero-order valence-corrected chi connectivity index (χ0v) is 15.6. The van der Waals surface area contributed by atoms with Crippen LogP contribution < -0.4 is 5.32 Å². The van der Waals surface area contributed by atoms with Crippen LogP contribution in [0.2, 0.25) is 0 Å². The predicted molar refractivity (Wildman–Crippen MR) is 104 cm³/mol. The van der Waals surface area contributed by atoms with Crippen LogP contribution in [0.25, 0.3) is 0 Å². The van der Waals surface area contributed by atoms with Gasteiger partial charge in [-0.1, -0.05) is 44.2 Å². The molecule has 4 heteroatoms. The molecule has 0 bridgehead atoms. The van der Waals surface area contributed by atoms with E-state index in [1.54, 1.807) is 23.9 Å². The number of benzene rings is 2. The Balaban J connectivity index is 1.76. The van der Waals surface area contributed by atoms with Crippen molar-refractivity contribution in [2.75, 3.05) is 12.3 Å². The van der Waals surface area contributed by atoms with Crippen LogP contribution in [0.1, 0.15) is 37.3 Å². The van der Waals surface area contributed by atoms with Gasteiger partial charge in [0, 0.05) is 29.5 Å². The number of nitrogens with zero attached hydrogens (tertiary/aromatic N) is 1. The summed E-state index contributed by atoms with van der Waals surface area (Å²) in [6.07, 6.45) is 0.490. The van der Waals surface area contributed by atoms with Crippen LogP contribution >= 0.6 is 11.8 Å². The van der Waals surface area contributed by atoms with E-state index in [9.17, 15) is 4.79 Å². The van der Waals surface area contributed by atoms with Crippen molar-refractivity contribution in [1.82, 2.24) is 5.32 Å². The number of hydrogen-bond donors (Lipinski definition) is 1. The van der Waals surface area contributed by atoms with E-state index in [0.717, 1.165) is 10.6 Å². The van der Waals surface area contributed by atoms with Crippen LogP contribution in [0.3, 0.4) is 0 Å². The van der Waals surface area contributed by atoms with Crippen molar-refractivity contribution in [3.63, 3.8) is 0 Å². The third-order valence-corrected chi connectivity index (χ3v) is 5.15. The van der Waals surface area contributed by atoms with E-state index in [4.69, 9.17) is 5.26 Å². The molecule has 0 saturated heterocycles. The highest BCUT2D eigenvalue weighted by Crippen LogP contribution is 2.23. The number of carbonyl (C=O) groups is 1. The van der Waals surface area contributed by atoms with Gasteiger partial charge in [0.05, 0.1) is 11.6 Å². The summed E-state index contributed by atoms with van der Waals surface area (Å²) < 4.78 is 0. The average Bonchev–Trinajstić information content (AvgIpc) is 2.63. The lowest BCUT2D eigenvalue weighted by Crippen LogP contribution is -2.30. The number of rotatable bonds is 8. The lowest BCUT2D eigenvalue weighted by Gasteiger charge is -2.22. The normalized spacial score (nSPS) is 11.8. The number of thioether (sulfide) groups is 1. The third kappa shape index (κ3) is 6.28. The van der Waals surface area contributed by atoms with E-state index in [-0.39, 0.29) is 5.91 Å². The molecule has 0 aliphatic rings. The molecule has 0 saturated carbocycles. The summed E-state index contributed by atoms with van der Waals surface area (Å²) in [5.41, 5.74) is 1.92. The van der Waals surface area contributed by atoms with Gasteiger partial charge in [0.25, 0.3) is 0 Å².